The number of sulfonamides is 1. The molecule has 0 spiro atoms. The second-order valence-corrected chi connectivity index (χ2v) is 8.17. The Labute approximate surface area is 131 Å². The largest absolute Gasteiger partial charge is 0.370 e. The van der Waals surface area contributed by atoms with Gasteiger partial charge >= 0.3 is 0 Å². The van der Waals surface area contributed by atoms with Crippen LogP contribution in [0.15, 0.2) is 17.2 Å². The Morgan fingerprint density at radius 3 is 2.64 bits per heavy atom. The third kappa shape index (κ3) is 3.18. The lowest BCUT2D eigenvalue weighted by Gasteiger charge is -2.40. The Kier molecular flexibility index (Phi) is 4.38. The molecule has 1 amide bonds. The minimum absolute atomic E-state index is 0.124. The Morgan fingerprint density at radius 2 is 2.09 bits per heavy atom. The second kappa shape index (κ2) is 5.68. The van der Waals surface area contributed by atoms with E-state index in [9.17, 15) is 13.2 Å². The highest BCUT2D eigenvalue weighted by Gasteiger charge is 2.38. The van der Waals surface area contributed by atoms with Crippen LogP contribution in [0.1, 0.15) is 31.3 Å². The smallest absolute Gasteiger partial charge is 0.267 e. The Morgan fingerprint density at radius 1 is 1.45 bits per heavy atom. The average Bonchev–Trinajstić information content (AvgIpc) is 2.78. The van der Waals surface area contributed by atoms with E-state index in [2.05, 4.69) is 5.32 Å². The number of hydrogen-bond donors (Lipinski definition) is 1. The molecule has 1 N–H and O–H groups in total. The van der Waals surface area contributed by atoms with Crippen LogP contribution in [0.4, 0.5) is 0 Å². The van der Waals surface area contributed by atoms with E-state index in [4.69, 9.17) is 4.74 Å². The van der Waals surface area contributed by atoms with Gasteiger partial charge in [0.1, 0.15) is 10.6 Å². The van der Waals surface area contributed by atoms with E-state index in [-0.39, 0.29) is 23.5 Å². The number of carbonyl (C=O) groups excluding carboxylic acids is 1. The van der Waals surface area contributed by atoms with Gasteiger partial charge in [-0.2, -0.15) is 4.31 Å². The molecule has 22 heavy (non-hydrogen) atoms. The molecule has 1 aliphatic heterocycles. The molecular weight excluding hydrogens is 306 g/mol. The van der Waals surface area contributed by atoms with Crippen LogP contribution in [-0.4, -0.2) is 55.0 Å². The van der Waals surface area contributed by atoms with Gasteiger partial charge in [-0.3, -0.25) is 4.79 Å². The fourth-order valence-corrected chi connectivity index (χ4v) is 4.49. The number of morpholine rings is 1. The molecule has 0 saturated carbocycles. The number of amides is 1. The molecule has 2 heterocycles. The van der Waals surface area contributed by atoms with Crippen LogP contribution >= 0.6 is 0 Å². The first-order valence-corrected chi connectivity index (χ1v) is 8.57. The minimum atomic E-state index is -3.66. The van der Waals surface area contributed by atoms with Crippen molar-refractivity contribution in [1.29, 1.82) is 0 Å². The summed E-state index contributed by atoms with van der Waals surface area (Å²) in [5.41, 5.74) is -0.231. The van der Waals surface area contributed by atoms with Crippen molar-refractivity contribution in [2.24, 2.45) is 7.05 Å². The van der Waals surface area contributed by atoms with Crippen LogP contribution in [0.3, 0.4) is 0 Å². The van der Waals surface area contributed by atoms with Gasteiger partial charge in [-0.15, -0.1) is 0 Å². The van der Waals surface area contributed by atoms with E-state index in [0.29, 0.717) is 12.2 Å². The first-order chi connectivity index (χ1) is 10.1. The molecule has 1 unspecified atom stereocenters. The molecule has 2 rings (SSSR count). The number of nitrogens with one attached hydrogen (secondary N) is 1. The zero-order valence-corrected chi connectivity index (χ0v) is 14.4. The van der Waals surface area contributed by atoms with Gasteiger partial charge in [-0.25, -0.2) is 8.42 Å². The normalized spacial score (nSPS) is 22.5. The summed E-state index contributed by atoms with van der Waals surface area (Å²) in [5, 5.41) is 2.50. The summed E-state index contributed by atoms with van der Waals surface area (Å²) in [6.07, 6.45) is 1.29. The van der Waals surface area contributed by atoms with Gasteiger partial charge in [0, 0.05) is 33.4 Å². The molecule has 0 aliphatic carbocycles. The summed E-state index contributed by atoms with van der Waals surface area (Å²) in [4.78, 5) is 11.9. The quantitative estimate of drug-likeness (QED) is 0.879. The summed E-state index contributed by atoms with van der Waals surface area (Å²) < 4.78 is 34.3. The van der Waals surface area contributed by atoms with E-state index in [0.717, 1.165) is 0 Å². The zero-order chi connectivity index (χ0) is 16.7. The summed E-state index contributed by atoms with van der Waals surface area (Å²) >= 11 is 0. The van der Waals surface area contributed by atoms with Crippen molar-refractivity contribution in [3.8, 4) is 0 Å². The lowest BCUT2D eigenvalue weighted by atomic mass is 10.1. The van der Waals surface area contributed by atoms with Gasteiger partial charge in [-0.05, 0) is 26.8 Å². The SMILES string of the molecule is CNC(=O)c1cc(S(=O)(=O)N2CC(C)OC(C)(C)C2)cn1C. The molecule has 0 bridgehead atoms. The predicted octanol–water partition coefficient (Wildman–Crippen LogP) is 0.573. The summed E-state index contributed by atoms with van der Waals surface area (Å²) in [7, 11) is -0.499. The second-order valence-electron chi connectivity index (χ2n) is 6.24. The summed E-state index contributed by atoms with van der Waals surface area (Å²) in [5.74, 6) is -0.320. The van der Waals surface area contributed by atoms with E-state index in [1.807, 2.05) is 20.8 Å². The molecule has 1 aliphatic rings. The Balaban J connectivity index is 2.36. The highest BCUT2D eigenvalue weighted by atomic mass is 32.2. The number of aryl methyl sites for hydroxylation is 1. The lowest BCUT2D eigenvalue weighted by molar-refractivity contribution is -0.109. The van der Waals surface area contributed by atoms with E-state index in [1.165, 1.54) is 28.2 Å². The molecule has 7 nitrogen and oxygen atoms in total. The molecule has 1 aromatic rings. The maximum Gasteiger partial charge on any atom is 0.267 e. The van der Waals surface area contributed by atoms with Crippen molar-refractivity contribution in [2.45, 2.75) is 37.4 Å². The molecule has 1 saturated heterocycles. The van der Waals surface area contributed by atoms with Gasteiger partial charge in [-0.1, -0.05) is 0 Å². The fourth-order valence-electron chi connectivity index (χ4n) is 2.76. The first kappa shape index (κ1) is 17.0. The van der Waals surface area contributed by atoms with E-state index < -0.39 is 15.6 Å². The first-order valence-electron chi connectivity index (χ1n) is 7.13. The number of rotatable bonds is 3. The summed E-state index contributed by atoms with van der Waals surface area (Å²) in [6, 6.07) is 1.40. The third-order valence-electron chi connectivity index (χ3n) is 3.62. The molecular formula is C14H23N3O4S. The van der Waals surface area contributed by atoms with Crippen molar-refractivity contribution in [1.82, 2.24) is 14.2 Å². The average molecular weight is 329 g/mol. The van der Waals surface area contributed by atoms with Crippen molar-refractivity contribution in [2.75, 3.05) is 20.1 Å². The number of carbonyl (C=O) groups is 1. The molecule has 8 heteroatoms. The number of hydrogen-bond acceptors (Lipinski definition) is 4. The van der Waals surface area contributed by atoms with Crippen molar-refractivity contribution in [3.05, 3.63) is 18.0 Å². The van der Waals surface area contributed by atoms with Gasteiger partial charge in [0.05, 0.1) is 11.7 Å². The fraction of sp³-hybridized carbons (Fsp3) is 0.643. The van der Waals surface area contributed by atoms with Gasteiger partial charge in [0.2, 0.25) is 10.0 Å². The van der Waals surface area contributed by atoms with Crippen molar-refractivity contribution >= 4 is 15.9 Å². The summed E-state index contributed by atoms with van der Waals surface area (Å²) in [6.45, 7) is 6.17. The third-order valence-corrected chi connectivity index (χ3v) is 5.39. The molecule has 0 aromatic carbocycles. The molecule has 124 valence electrons. The van der Waals surface area contributed by atoms with Gasteiger partial charge < -0.3 is 14.6 Å². The van der Waals surface area contributed by atoms with E-state index >= 15 is 0 Å². The van der Waals surface area contributed by atoms with Crippen LogP contribution < -0.4 is 5.32 Å². The zero-order valence-electron chi connectivity index (χ0n) is 13.6. The lowest BCUT2D eigenvalue weighted by Crippen LogP contribution is -2.53. The van der Waals surface area contributed by atoms with Gasteiger partial charge in [0.15, 0.2) is 0 Å². The predicted molar refractivity (Wildman–Crippen MR) is 82.2 cm³/mol. The Bertz CT molecular complexity index is 678. The van der Waals surface area contributed by atoms with Crippen molar-refractivity contribution in [3.63, 3.8) is 0 Å². The highest BCUT2D eigenvalue weighted by Crippen LogP contribution is 2.27. The molecule has 0 radical (unpaired) electrons. The van der Waals surface area contributed by atoms with Crippen LogP contribution in [0.5, 0.6) is 0 Å². The standard InChI is InChI=1S/C14H23N3O4S/c1-10-7-17(9-14(2,3)21-10)22(19,20)11-6-12(13(18)15-4)16(5)8-11/h6,8,10H,7,9H2,1-5H3,(H,15,18). The van der Waals surface area contributed by atoms with Crippen LogP contribution in [0.25, 0.3) is 0 Å². The monoisotopic (exact) mass is 329 g/mol. The van der Waals surface area contributed by atoms with Crippen LogP contribution in [-0.2, 0) is 21.8 Å². The number of nitrogens with zero attached hydrogens (tertiary/aromatic N) is 2. The van der Waals surface area contributed by atoms with Crippen LogP contribution in [0, 0.1) is 0 Å². The number of ether oxygens (including phenoxy) is 1. The van der Waals surface area contributed by atoms with Gasteiger partial charge in [0.25, 0.3) is 5.91 Å². The minimum Gasteiger partial charge on any atom is -0.370 e. The highest BCUT2D eigenvalue weighted by molar-refractivity contribution is 7.89. The van der Waals surface area contributed by atoms with E-state index in [1.54, 1.807) is 7.05 Å². The topological polar surface area (TPSA) is 80.6 Å². The Hall–Kier alpha value is -1.38. The number of aromatic nitrogens is 1. The molecule has 1 atom stereocenters. The maximum absolute atomic E-state index is 12.8. The maximum atomic E-state index is 12.8. The van der Waals surface area contributed by atoms with Crippen LogP contribution in [0.2, 0.25) is 0 Å². The molecule has 1 aromatic heterocycles. The van der Waals surface area contributed by atoms with Crippen molar-refractivity contribution < 1.29 is 17.9 Å². The molecule has 1 fully saturated rings.